The van der Waals surface area contributed by atoms with E-state index in [-0.39, 0.29) is 0 Å². The molecule has 0 aromatic carbocycles. The number of nitrogens with one attached hydrogen (secondary N) is 2. The van der Waals surface area contributed by atoms with Crippen molar-refractivity contribution in [1.29, 1.82) is 0 Å². The van der Waals surface area contributed by atoms with Crippen molar-refractivity contribution in [3.05, 3.63) is 23.9 Å². The first-order valence-electron chi connectivity index (χ1n) is 7.96. The maximum absolute atomic E-state index is 5.66. The quantitative estimate of drug-likeness (QED) is 0.593. The first kappa shape index (κ1) is 16.5. The summed E-state index contributed by atoms with van der Waals surface area (Å²) < 4.78 is 11.3. The molecule has 1 saturated heterocycles. The van der Waals surface area contributed by atoms with E-state index in [0.29, 0.717) is 25.1 Å². The Morgan fingerprint density at radius 2 is 2.41 bits per heavy atom. The number of ether oxygens (including phenoxy) is 2. The third kappa shape index (κ3) is 5.18. The van der Waals surface area contributed by atoms with Gasteiger partial charge in [-0.2, -0.15) is 0 Å². The highest BCUT2D eigenvalue weighted by molar-refractivity contribution is 5.79. The molecule has 1 atom stereocenters. The molecule has 0 amide bonds. The van der Waals surface area contributed by atoms with Crippen molar-refractivity contribution < 1.29 is 9.47 Å². The van der Waals surface area contributed by atoms with Gasteiger partial charge in [0, 0.05) is 38.5 Å². The van der Waals surface area contributed by atoms with E-state index in [4.69, 9.17) is 9.47 Å². The lowest BCUT2D eigenvalue weighted by atomic mass is 10.2. The summed E-state index contributed by atoms with van der Waals surface area (Å²) in [4.78, 5) is 8.52. The normalized spacial score (nSPS) is 18.3. The molecule has 0 aliphatic carbocycles. The number of hydrogen-bond donors (Lipinski definition) is 2. The monoisotopic (exact) mass is 306 g/mol. The molecule has 2 rings (SSSR count). The van der Waals surface area contributed by atoms with E-state index in [1.54, 1.807) is 13.2 Å². The minimum Gasteiger partial charge on any atom is -0.477 e. The first-order chi connectivity index (χ1) is 10.8. The van der Waals surface area contributed by atoms with Gasteiger partial charge in [0.25, 0.3) is 0 Å². The Bertz CT molecular complexity index is 473. The van der Waals surface area contributed by atoms with E-state index >= 15 is 0 Å². The summed E-state index contributed by atoms with van der Waals surface area (Å²) in [7, 11) is 1.77. The van der Waals surface area contributed by atoms with E-state index < -0.39 is 0 Å². The van der Waals surface area contributed by atoms with Crippen LogP contribution in [0.2, 0.25) is 0 Å². The smallest absolute Gasteiger partial charge is 0.218 e. The zero-order valence-electron chi connectivity index (χ0n) is 13.5. The lowest BCUT2D eigenvalue weighted by Gasteiger charge is -2.16. The zero-order chi connectivity index (χ0) is 15.6. The molecular weight excluding hydrogens is 280 g/mol. The number of nitrogens with zero attached hydrogens (tertiary/aromatic N) is 2. The van der Waals surface area contributed by atoms with E-state index in [9.17, 15) is 0 Å². The van der Waals surface area contributed by atoms with Gasteiger partial charge in [-0.05, 0) is 25.3 Å². The van der Waals surface area contributed by atoms with Crippen molar-refractivity contribution >= 4 is 5.96 Å². The summed E-state index contributed by atoms with van der Waals surface area (Å²) >= 11 is 0. The molecule has 22 heavy (non-hydrogen) atoms. The summed E-state index contributed by atoms with van der Waals surface area (Å²) in [6, 6.07) is 3.93. The van der Waals surface area contributed by atoms with Crippen LogP contribution in [0.5, 0.6) is 5.88 Å². The van der Waals surface area contributed by atoms with Gasteiger partial charge < -0.3 is 20.1 Å². The summed E-state index contributed by atoms with van der Waals surface area (Å²) in [6.45, 7) is 5.03. The van der Waals surface area contributed by atoms with Gasteiger partial charge in [0.1, 0.15) is 0 Å². The van der Waals surface area contributed by atoms with Crippen LogP contribution in [0.3, 0.4) is 0 Å². The van der Waals surface area contributed by atoms with Gasteiger partial charge in [0.05, 0.1) is 12.7 Å². The second kappa shape index (κ2) is 9.25. The van der Waals surface area contributed by atoms with E-state index in [2.05, 4.69) is 27.5 Å². The molecule has 1 aliphatic rings. The fourth-order valence-corrected chi connectivity index (χ4v) is 2.30. The molecule has 0 saturated carbocycles. The molecule has 0 radical (unpaired) electrons. The Labute approximate surface area is 132 Å². The lowest BCUT2D eigenvalue weighted by molar-refractivity contribution is 0.114. The lowest BCUT2D eigenvalue weighted by Crippen LogP contribution is -2.40. The van der Waals surface area contributed by atoms with Crippen LogP contribution in [-0.2, 0) is 11.3 Å². The second-order valence-corrected chi connectivity index (χ2v) is 5.26. The zero-order valence-corrected chi connectivity index (χ0v) is 13.5. The summed E-state index contributed by atoms with van der Waals surface area (Å²) in [5.74, 6) is 1.45. The fraction of sp³-hybridized carbons (Fsp3) is 0.625. The molecule has 0 spiro atoms. The van der Waals surface area contributed by atoms with Gasteiger partial charge in [-0.25, -0.2) is 4.98 Å². The number of aliphatic imine (C=N–C) groups is 1. The van der Waals surface area contributed by atoms with Crippen LogP contribution in [0, 0.1) is 0 Å². The van der Waals surface area contributed by atoms with Crippen LogP contribution in [-0.4, -0.2) is 43.9 Å². The van der Waals surface area contributed by atoms with E-state index in [1.807, 2.05) is 12.1 Å². The second-order valence-electron chi connectivity index (χ2n) is 5.26. The average molecular weight is 306 g/mol. The number of aromatic nitrogens is 1. The third-order valence-corrected chi connectivity index (χ3v) is 3.48. The van der Waals surface area contributed by atoms with Crippen molar-refractivity contribution in [3.8, 4) is 5.88 Å². The number of rotatable bonds is 7. The Balaban J connectivity index is 1.82. The Morgan fingerprint density at radius 1 is 1.50 bits per heavy atom. The van der Waals surface area contributed by atoms with Gasteiger partial charge in [-0.15, -0.1) is 0 Å². The Hall–Kier alpha value is -1.82. The maximum atomic E-state index is 5.66. The highest BCUT2D eigenvalue weighted by Gasteiger charge is 2.15. The van der Waals surface area contributed by atoms with Gasteiger partial charge in [-0.1, -0.05) is 13.0 Å². The Morgan fingerprint density at radius 3 is 3.14 bits per heavy atom. The standard InChI is InChI=1S/C16H26N4O2/c1-3-9-22-15-13(6-4-8-18-15)11-19-16(17-2)20-12-14-7-5-10-21-14/h4,6,8,14H,3,5,7,9-12H2,1-2H3,(H2,17,19,20). The Kier molecular flexibility index (Phi) is 6.96. The van der Waals surface area contributed by atoms with Gasteiger partial charge in [0.2, 0.25) is 5.88 Å². The largest absolute Gasteiger partial charge is 0.477 e. The maximum Gasteiger partial charge on any atom is 0.218 e. The molecule has 2 N–H and O–H groups in total. The molecular formula is C16H26N4O2. The molecule has 1 aromatic rings. The number of pyridine rings is 1. The van der Waals surface area contributed by atoms with Crippen LogP contribution < -0.4 is 15.4 Å². The first-order valence-corrected chi connectivity index (χ1v) is 7.96. The molecule has 2 heterocycles. The van der Waals surface area contributed by atoms with Crippen molar-refractivity contribution in [3.63, 3.8) is 0 Å². The molecule has 0 bridgehead atoms. The van der Waals surface area contributed by atoms with Crippen molar-refractivity contribution in [1.82, 2.24) is 15.6 Å². The third-order valence-electron chi connectivity index (χ3n) is 3.48. The van der Waals surface area contributed by atoms with Gasteiger partial charge in [0.15, 0.2) is 5.96 Å². The number of guanidine groups is 1. The molecule has 1 aromatic heterocycles. The van der Waals surface area contributed by atoms with Crippen molar-refractivity contribution in [2.75, 3.05) is 26.8 Å². The summed E-state index contributed by atoms with van der Waals surface area (Å²) in [5.41, 5.74) is 1.02. The van der Waals surface area contributed by atoms with Gasteiger partial charge >= 0.3 is 0 Å². The fourth-order valence-electron chi connectivity index (χ4n) is 2.30. The van der Waals surface area contributed by atoms with Crippen molar-refractivity contribution in [2.45, 2.75) is 38.8 Å². The predicted molar refractivity (Wildman–Crippen MR) is 87.2 cm³/mol. The number of hydrogen-bond acceptors (Lipinski definition) is 4. The molecule has 6 heteroatoms. The van der Waals surface area contributed by atoms with Crippen LogP contribution in [0.25, 0.3) is 0 Å². The minimum absolute atomic E-state index is 0.292. The van der Waals surface area contributed by atoms with E-state index in [0.717, 1.165) is 43.9 Å². The van der Waals surface area contributed by atoms with Gasteiger partial charge in [-0.3, -0.25) is 4.99 Å². The topological polar surface area (TPSA) is 67.8 Å². The summed E-state index contributed by atoms with van der Waals surface area (Å²) in [6.07, 6.45) is 5.27. The molecule has 1 fully saturated rings. The van der Waals surface area contributed by atoms with Crippen LogP contribution in [0.15, 0.2) is 23.3 Å². The summed E-state index contributed by atoms with van der Waals surface area (Å²) in [5, 5.41) is 6.59. The minimum atomic E-state index is 0.292. The SMILES string of the molecule is CCCOc1ncccc1CNC(=NC)NCC1CCCO1. The molecule has 1 unspecified atom stereocenters. The molecule has 6 nitrogen and oxygen atoms in total. The van der Waals surface area contributed by atoms with Crippen molar-refractivity contribution in [2.24, 2.45) is 4.99 Å². The predicted octanol–water partition coefficient (Wildman–Crippen LogP) is 1.71. The van der Waals surface area contributed by atoms with E-state index in [1.165, 1.54) is 0 Å². The van der Waals surface area contributed by atoms with Crippen LogP contribution in [0.1, 0.15) is 31.7 Å². The van der Waals surface area contributed by atoms with Crippen LogP contribution >= 0.6 is 0 Å². The highest BCUT2D eigenvalue weighted by Crippen LogP contribution is 2.14. The highest BCUT2D eigenvalue weighted by atomic mass is 16.5. The van der Waals surface area contributed by atoms with Crippen LogP contribution in [0.4, 0.5) is 0 Å². The molecule has 122 valence electrons. The average Bonchev–Trinajstić information content (AvgIpc) is 3.07. The molecule has 1 aliphatic heterocycles.